The van der Waals surface area contributed by atoms with Crippen LogP contribution in [-0.2, 0) is 0 Å². The third-order valence-electron chi connectivity index (χ3n) is 3.59. The Balaban J connectivity index is 2.05. The zero-order valence-electron chi connectivity index (χ0n) is 12.9. The second-order valence-electron chi connectivity index (χ2n) is 6.46. The van der Waals surface area contributed by atoms with E-state index in [1.54, 1.807) is 6.92 Å². The van der Waals surface area contributed by atoms with E-state index in [0.29, 0.717) is 18.5 Å². The summed E-state index contributed by atoms with van der Waals surface area (Å²) in [6.45, 7) is 6.40. The highest BCUT2D eigenvalue weighted by atomic mass is 16.3. The van der Waals surface area contributed by atoms with Gasteiger partial charge in [0.15, 0.2) is 0 Å². The summed E-state index contributed by atoms with van der Waals surface area (Å²) in [5, 5.41) is 14.6. The van der Waals surface area contributed by atoms with Gasteiger partial charge in [-0.2, -0.15) is 0 Å². The van der Waals surface area contributed by atoms with Crippen molar-refractivity contribution in [1.82, 2.24) is 5.32 Å². The SMILES string of the molecule is CC(O)CC(C)(C)CNC(=O)c1ccc2ccccc2c1. The first-order valence-corrected chi connectivity index (χ1v) is 7.32. The third-order valence-corrected chi connectivity index (χ3v) is 3.59. The van der Waals surface area contributed by atoms with Gasteiger partial charge in [0.1, 0.15) is 0 Å². The lowest BCUT2D eigenvalue weighted by Gasteiger charge is -2.26. The average Bonchev–Trinajstić information content (AvgIpc) is 2.43. The molecule has 0 fully saturated rings. The Morgan fingerprint density at radius 1 is 1.19 bits per heavy atom. The van der Waals surface area contributed by atoms with E-state index in [9.17, 15) is 9.90 Å². The third kappa shape index (κ3) is 4.30. The predicted molar refractivity (Wildman–Crippen MR) is 86.4 cm³/mol. The number of aliphatic hydroxyl groups is 1. The van der Waals surface area contributed by atoms with Crippen molar-refractivity contribution >= 4 is 16.7 Å². The molecule has 1 unspecified atom stereocenters. The fourth-order valence-electron chi connectivity index (χ4n) is 2.62. The molecule has 2 rings (SSSR count). The first kappa shape index (κ1) is 15.5. The van der Waals surface area contributed by atoms with Crippen molar-refractivity contribution in [2.75, 3.05) is 6.54 Å². The summed E-state index contributed by atoms with van der Waals surface area (Å²) in [4.78, 5) is 12.2. The molecule has 0 aromatic heterocycles. The molecule has 1 amide bonds. The molecule has 112 valence electrons. The van der Waals surface area contributed by atoms with Crippen molar-refractivity contribution in [3.8, 4) is 0 Å². The quantitative estimate of drug-likeness (QED) is 0.885. The van der Waals surface area contributed by atoms with Gasteiger partial charge in [-0.05, 0) is 41.7 Å². The molecule has 0 aliphatic carbocycles. The second kappa shape index (κ2) is 6.27. The normalized spacial score (nSPS) is 13.1. The monoisotopic (exact) mass is 285 g/mol. The summed E-state index contributed by atoms with van der Waals surface area (Å²) in [6, 6.07) is 13.7. The van der Waals surface area contributed by atoms with Crippen LogP contribution >= 0.6 is 0 Å². The molecule has 0 heterocycles. The molecule has 2 aromatic rings. The maximum absolute atomic E-state index is 12.2. The molecule has 2 aromatic carbocycles. The topological polar surface area (TPSA) is 49.3 Å². The van der Waals surface area contributed by atoms with Crippen molar-refractivity contribution in [2.24, 2.45) is 5.41 Å². The van der Waals surface area contributed by atoms with Gasteiger partial charge in [0.2, 0.25) is 0 Å². The van der Waals surface area contributed by atoms with Crippen LogP contribution in [0.2, 0.25) is 0 Å². The van der Waals surface area contributed by atoms with Gasteiger partial charge in [0.05, 0.1) is 6.10 Å². The number of hydrogen-bond acceptors (Lipinski definition) is 2. The van der Waals surface area contributed by atoms with E-state index < -0.39 is 0 Å². The van der Waals surface area contributed by atoms with Gasteiger partial charge >= 0.3 is 0 Å². The molecule has 0 aliphatic rings. The van der Waals surface area contributed by atoms with Gasteiger partial charge in [-0.25, -0.2) is 0 Å². The molecule has 3 nitrogen and oxygen atoms in total. The Hall–Kier alpha value is -1.87. The van der Waals surface area contributed by atoms with E-state index >= 15 is 0 Å². The number of nitrogens with one attached hydrogen (secondary N) is 1. The number of fused-ring (bicyclic) bond motifs is 1. The van der Waals surface area contributed by atoms with Crippen molar-refractivity contribution in [3.63, 3.8) is 0 Å². The van der Waals surface area contributed by atoms with Gasteiger partial charge in [-0.15, -0.1) is 0 Å². The number of aliphatic hydroxyl groups excluding tert-OH is 1. The fraction of sp³-hybridized carbons (Fsp3) is 0.389. The van der Waals surface area contributed by atoms with Crippen molar-refractivity contribution in [1.29, 1.82) is 0 Å². The Bertz CT molecular complexity index is 632. The van der Waals surface area contributed by atoms with E-state index in [4.69, 9.17) is 0 Å². The van der Waals surface area contributed by atoms with Crippen LogP contribution < -0.4 is 5.32 Å². The van der Waals surface area contributed by atoms with Crippen LogP contribution in [-0.4, -0.2) is 23.7 Å². The molecule has 1 atom stereocenters. The zero-order chi connectivity index (χ0) is 15.5. The molecule has 0 spiro atoms. The Morgan fingerprint density at radius 2 is 1.86 bits per heavy atom. The lowest BCUT2D eigenvalue weighted by atomic mass is 9.87. The highest BCUT2D eigenvalue weighted by Gasteiger charge is 2.21. The number of amides is 1. The first-order chi connectivity index (χ1) is 9.87. The predicted octanol–water partition coefficient (Wildman–Crippen LogP) is 3.37. The van der Waals surface area contributed by atoms with Crippen LogP contribution in [0, 0.1) is 5.41 Å². The molecule has 3 heteroatoms. The largest absolute Gasteiger partial charge is 0.393 e. The lowest BCUT2D eigenvalue weighted by molar-refractivity contribution is 0.0902. The molecule has 0 saturated heterocycles. The summed E-state index contributed by atoms with van der Waals surface area (Å²) < 4.78 is 0. The van der Waals surface area contributed by atoms with Gasteiger partial charge < -0.3 is 10.4 Å². The highest BCUT2D eigenvalue weighted by molar-refractivity contribution is 5.98. The minimum atomic E-state index is -0.363. The average molecular weight is 285 g/mol. The standard InChI is InChI=1S/C18H23NO2/c1-13(20)11-18(2,3)12-19-17(21)16-9-8-14-6-4-5-7-15(14)10-16/h4-10,13,20H,11-12H2,1-3H3,(H,19,21). The van der Waals surface area contributed by atoms with Crippen LogP contribution in [0.15, 0.2) is 42.5 Å². The van der Waals surface area contributed by atoms with E-state index in [2.05, 4.69) is 5.32 Å². The lowest BCUT2D eigenvalue weighted by Crippen LogP contribution is -2.35. The Morgan fingerprint density at radius 3 is 2.52 bits per heavy atom. The Labute approximate surface area is 126 Å². The molecule has 2 N–H and O–H groups in total. The van der Waals surface area contributed by atoms with Crippen LogP contribution in [0.3, 0.4) is 0 Å². The summed E-state index contributed by atoms with van der Waals surface area (Å²) in [7, 11) is 0. The van der Waals surface area contributed by atoms with E-state index in [0.717, 1.165) is 10.8 Å². The smallest absolute Gasteiger partial charge is 0.251 e. The van der Waals surface area contributed by atoms with E-state index in [1.807, 2.05) is 56.3 Å². The number of benzene rings is 2. The van der Waals surface area contributed by atoms with E-state index in [1.165, 1.54) is 0 Å². The maximum atomic E-state index is 12.2. The highest BCUT2D eigenvalue weighted by Crippen LogP contribution is 2.21. The van der Waals surface area contributed by atoms with Crippen LogP contribution in [0.5, 0.6) is 0 Å². The molecule has 0 radical (unpaired) electrons. The number of carbonyl (C=O) groups excluding carboxylic acids is 1. The molecule has 0 aliphatic heterocycles. The van der Waals surface area contributed by atoms with Gasteiger partial charge in [0, 0.05) is 12.1 Å². The maximum Gasteiger partial charge on any atom is 0.251 e. The number of hydrogen-bond donors (Lipinski definition) is 2. The van der Waals surface area contributed by atoms with Crippen LogP contribution in [0.25, 0.3) is 10.8 Å². The number of rotatable bonds is 5. The molecular weight excluding hydrogens is 262 g/mol. The summed E-state index contributed by atoms with van der Waals surface area (Å²) in [5.41, 5.74) is 0.544. The van der Waals surface area contributed by atoms with Gasteiger partial charge in [-0.3, -0.25) is 4.79 Å². The molecule has 0 bridgehead atoms. The molecule has 0 saturated carbocycles. The zero-order valence-corrected chi connectivity index (χ0v) is 12.9. The number of carbonyl (C=O) groups is 1. The molecule has 21 heavy (non-hydrogen) atoms. The summed E-state index contributed by atoms with van der Waals surface area (Å²) in [6.07, 6.45) is 0.294. The summed E-state index contributed by atoms with van der Waals surface area (Å²) >= 11 is 0. The fourth-order valence-corrected chi connectivity index (χ4v) is 2.62. The van der Waals surface area contributed by atoms with Crippen LogP contribution in [0.4, 0.5) is 0 Å². The minimum absolute atomic E-state index is 0.0700. The van der Waals surface area contributed by atoms with Crippen LogP contribution in [0.1, 0.15) is 37.6 Å². The van der Waals surface area contributed by atoms with Gasteiger partial charge in [-0.1, -0.05) is 44.2 Å². The molecular formula is C18H23NO2. The first-order valence-electron chi connectivity index (χ1n) is 7.32. The second-order valence-corrected chi connectivity index (χ2v) is 6.46. The Kier molecular flexibility index (Phi) is 4.63. The van der Waals surface area contributed by atoms with Crippen molar-refractivity contribution in [3.05, 3.63) is 48.0 Å². The van der Waals surface area contributed by atoms with Crippen molar-refractivity contribution in [2.45, 2.75) is 33.3 Å². The van der Waals surface area contributed by atoms with E-state index in [-0.39, 0.29) is 17.4 Å². The summed E-state index contributed by atoms with van der Waals surface area (Å²) in [5.74, 6) is -0.0700. The van der Waals surface area contributed by atoms with Gasteiger partial charge in [0.25, 0.3) is 5.91 Å². The minimum Gasteiger partial charge on any atom is -0.393 e. The van der Waals surface area contributed by atoms with Crippen molar-refractivity contribution < 1.29 is 9.90 Å².